The van der Waals surface area contributed by atoms with E-state index in [1.54, 1.807) is 25.3 Å². The van der Waals surface area contributed by atoms with Gasteiger partial charge >= 0.3 is 6.03 Å². The van der Waals surface area contributed by atoms with Crippen molar-refractivity contribution in [3.05, 3.63) is 54.1 Å². The molecule has 0 heterocycles. The zero-order valence-electron chi connectivity index (χ0n) is 13.8. The molecule has 6 heteroatoms. The molecule has 1 atom stereocenters. The standard InChI is InChI=1S/C18H22N2O4/c1-23-16-9-8-14(11-17(16)24-2)20-18(22)19-12-15(21)10-13-6-4-3-5-7-13/h3-9,11,15,21H,10,12H2,1-2H3,(H2,19,20,22)/t15-/m1/s1. The number of hydrogen-bond acceptors (Lipinski definition) is 4. The van der Waals surface area contributed by atoms with Crippen LogP contribution in [0.25, 0.3) is 0 Å². The summed E-state index contributed by atoms with van der Waals surface area (Å²) in [7, 11) is 3.08. The molecule has 2 rings (SSSR count). The second-order valence-corrected chi connectivity index (χ2v) is 5.25. The summed E-state index contributed by atoms with van der Waals surface area (Å²) in [6, 6.07) is 14.3. The number of hydrogen-bond donors (Lipinski definition) is 3. The summed E-state index contributed by atoms with van der Waals surface area (Å²) in [6.45, 7) is 0.161. The highest BCUT2D eigenvalue weighted by Crippen LogP contribution is 2.29. The van der Waals surface area contributed by atoms with Crippen molar-refractivity contribution in [2.75, 3.05) is 26.1 Å². The third kappa shape index (κ3) is 5.17. The molecule has 6 nitrogen and oxygen atoms in total. The maximum atomic E-state index is 11.9. The summed E-state index contributed by atoms with van der Waals surface area (Å²) in [4.78, 5) is 11.9. The molecule has 0 fully saturated rings. The van der Waals surface area contributed by atoms with Gasteiger partial charge in [0.05, 0.1) is 20.3 Å². The average Bonchev–Trinajstić information content (AvgIpc) is 2.60. The zero-order chi connectivity index (χ0) is 17.4. The van der Waals surface area contributed by atoms with Crippen LogP contribution in [0, 0.1) is 0 Å². The second kappa shape index (κ2) is 8.79. The molecule has 0 aliphatic heterocycles. The van der Waals surface area contributed by atoms with Gasteiger partial charge in [0.1, 0.15) is 0 Å². The number of aliphatic hydroxyl groups is 1. The van der Waals surface area contributed by atoms with Crippen molar-refractivity contribution in [2.24, 2.45) is 0 Å². The number of anilines is 1. The zero-order valence-corrected chi connectivity index (χ0v) is 13.8. The maximum absolute atomic E-state index is 11.9. The van der Waals surface area contributed by atoms with Crippen molar-refractivity contribution in [3.8, 4) is 11.5 Å². The van der Waals surface area contributed by atoms with Crippen LogP contribution in [0.2, 0.25) is 0 Å². The summed E-state index contributed by atoms with van der Waals surface area (Å²) >= 11 is 0. The summed E-state index contributed by atoms with van der Waals surface area (Å²) in [5.74, 6) is 1.11. The van der Waals surface area contributed by atoms with Crippen LogP contribution >= 0.6 is 0 Å². The molecule has 0 unspecified atom stereocenters. The molecule has 2 aromatic rings. The average molecular weight is 330 g/mol. The van der Waals surface area contributed by atoms with E-state index < -0.39 is 12.1 Å². The van der Waals surface area contributed by atoms with E-state index in [-0.39, 0.29) is 6.54 Å². The lowest BCUT2D eigenvalue weighted by Gasteiger charge is -2.14. The smallest absolute Gasteiger partial charge is 0.319 e. The van der Waals surface area contributed by atoms with Gasteiger partial charge in [-0.1, -0.05) is 30.3 Å². The number of urea groups is 1. The number of benzene rings is 2. The number of aliphatic hydroxyl groups excluding tert-OH is 1. The molecule has 0 saturated carbocycles. The first-order valence-corrected chi connectivity index (χ1v) is 7.61. The van der Waals surface area contributed by atoms with Crippen molar-refractivity contribution in [1.29, 1.82) is 0 Å². The molecule has 0 radical (unpaired) electrons. The largest absolute Gasteiger partial charge is 0.493 e. The van der Waals surface area contributed by atoms with Gasteiger partial charge in [-0.3, -0.25) is 0 Å². The fraction of sp³-hybridized carbons (Fsp3) is 0.278. The maximum Gasteiger partial charge on any atom is 0.319 e. The van der Waals surface area contributed by atoms with E-state index in [0.29, 0.717) is 23.6 Å². The van der Waals surface area contributed by atoms with Crippen molar-refractivity contribution >= 4 is 11.7 Å². The summed E-state index contributed by atoms with van der Waals surface area (Å²) in [6.07, 6.45) is -0.166. The Morgan fingerprint density at radius 2 is 1.79 bits per heavy atom. The Balaban J connectivity index is 1.82. The van der Waals surface area contributed by atoms with Crippen molar-refractivity contribution in [1.82, 2.24) is 5.32 Å². The van der Waals surface area contributed by atoms with Gasteiger partial charge in [0.15, 0.2) is 11.5 Å². The van der Waals surface area contributed by atoms with Gasteiger partial charge in [-0.2, -0.15) is 0 Å². The molecule has 2 aromatic carbocycles. The predicted octanol–water partition coefficient (Wildman–Crippen LogP) is 2.43. The van der Waals surface area contributed by atoms with Gasteiger partial charge < -0.3 is 25.2 Å². The molecule has 0 bridgehead atoms. The van der Waals surface area contributed by atoms with Crippen LogP contribution in [0.3, 0.4) is 0 Å². The summed E-state index contributed by atoms with van der Waals surface area (Å²) < 4.78 is 10.3. The molecule has 0 aromatic heterocycles. The van der Waals surface area contributed by atoms with Crippen LogP contribution in [0.5, 0.6) is 11.5 Å². The topological polar surface area (TPSA) is 79.8 Å². The van der Waals surface area contributed by atoms with Gasteiger partial charge in [0.25, 0.3) is 0 Å². The second-order valence-electron chi connectivity index (χ2n) is 5.25. The first-order chi connectivity index (χ1) is 11.6. The van der Waals surface area contributed by atoms with E-state index in [9.17, 15) is 9.90 Å². The minimum atomic E-state index is -0.649. The number of rotatable bonds is 7. The molecule has 128 valence electrons. The van der Waals surface area contributed by atoms with Gasteiger partial charge in [-0.25, -0.2) is 4.79 Å². The monoisotopic (exact) mass is 330 g/mol. The normalized spacial score (nSPS) is 11.5. The summed E-state index contributed by atoms with van der Waals surface area (Å²) in [5.41, 5.74) is 1.59. The Hall–Kier alpha value is -2.73. The van der Waals surface area contributed by atoms with E-state index in [2.05, 4.69) is 10.6 Å². The predicted molar refractivity (Wildman–Crippen MR) is 92.7 cm³/mol. The lowest BCUT2D eigenvalue weighted by molar-refractivity contribution is 0.172. The lowest BCUT2D eigenvalue weighted by Crippen LogP contribution is -2.36. The third-order valence-corrected chi connectivity index (χ3v) is 3.45. The van der Waals surface area contributed by atoms with Crippen molar-refractivity contribution in [2.45, 2.75) is 12.5 Å². The third-order valence-electron chi connectivity index (χ3n) is 3.45. The molecule has 0 aliphatic rings. The molecular formula is C18H22N2O4. The minimum absolute atomic E-state index is 0.161. The van der Waals surface area contributed by atoms with Gasteiger partial charge in [0.2, 0.25) is 0 Å². The molecule has 0 saturated heterocycles. The van der Waals surface area contributed by atoms with Crippen LogP contribution in [0.15, 0.2) is 48.5 Å². The molecule has 24 heavy (non-hydrogen) atoms. The lowest BCUT2D eigenvalue weighted by atomic mass is 10.1. The number of amides is 2. The fourth-order valence-electron chi connectivity index (χ4n) is 2.26. The molecular weight excluding hydrogens is 308 g/mol. The highest BCUT2D eigenvalue weighted by molar-refractivity contribution is 5.89. The number of nitrogens with one attached hydrogen (secondary N) is 2. The van der Waals surface area contributed by atoms with Crippen LogP contribution < -0.4 is 20.1 Å². The number of carbonyl (C=O) groups excluding carboxylic acids is 1. The Bertz CT molecular complexity index is 661. The van der Waals surface area contributed by atoms with E-state index in [4.69, 9.17) is 9.47 Å². The SMILES string of the molecule is COc1ccc(NC(=O)NC[C@H](O)Cc2ccccc2)cc1OC. The molecule has 3 N–H and O–H groups in total. The van der Waals surface area contributed by atoms with Gasteiger partial charge in [0, 0.05) is 24.7 Å². The van der Waals surface area contributed by atoms with Gasteiger partial charge in [-0.05, 0) is 17.7 Å². The Morgan fingerprint density at radius 3 is 2.46 bits per heavy atom. The Labute approximate surface area is 141 Å². The van der Waals surface area contributed by atoms with E-state index in [1.807, 2.05) is 30.3 Å². The van der Waals surface area contributed by atoms with Crippen LogP contribution in [-0.4, -0.2) is 38.0 Å². The van der Waals surface area contributed by atoms with Crippen LogP contribution in [0.1, 0.15) is 5.56 Å². The van der Waals surface area contributed by atoms with E-state index in [0.717, 1.165) is 5.56 Å². The van der Waals surface area contributed by atoms with E-state index in [1.165, 1.54) is 7.11 Å². The quantitative estimate of drug-likeness (QED) is 0.728. The van der Waals surface area contributed by atoms with Crippen molar-refractivity contribution < 1.29 is 19.4 Å². The Morgan fingerprint density at radius 1 is 1.08 bits per heavy atom. The number of carbonyl (C=O) groups is 1. The van der Waals surface area contributed by atoms with Gasteiger partial charge in [-0.15, -0.1) is 0 Å². The summed E-state index contributed by atoms with van der Waals surface area (Å²) in [5, 5.41) is 15.3. The van der Waals surface area contributed by atoms with Crippen LogP contribution in [0.4, 0.5) is 10.5 Å². The highest BCUT2D eigenvalue weighted by Gasteiger charge is 2.10. The first kappa shape index (κ1) is 17.6. The number of methoxy groups -OCH3 is 2. The molecule has 0 aliphatic carbocycles. The number of ether oxygens (including phenoxy) is 2. The van der Waals surface area contributed by atoms with E-state index >= 15 is 0 Å². The Kier molecular flexibility index (Phi) is 6.45. The molecule has 0 spiro atoms. The van der Waals surface area contributed by atoms with Crippen LogP contribution in [-0.2, 0) is 6.42 Å². The highest BCUT2D eigenvalue weighted by atomic mass is 16.5. The molecule has 2 amide bonds. The minimum Gasteiger partial charge on any atom is -0.493 e. The first-order valence-electron chi connectivity index (χ1n) is 7.61. The van der Waals surface area contributed by atoms with Crippen molar-refractivity contribution in [3.63, 3.8) is 0 Å². The fourth-order valence-corrected chi connectivity index (χ4v) is 2.26.